The van der Waals surface area contributed by atoms with E-state index in [9.17, 15) is 10.2 Å². The van der Waals surface area contributed by atoms with Gasteiger partial charge in [0.1, 0.15) is 0 Å². The molecule has 0 saturated carbocycles. The number of phenolic OH excluding ortho intramolecular Hbond substituents is 2. The maximum absolute atomic E-state index is 9.95. The van der Waals surface area contributed by atoms with Gasteiger partial charge < -0.3 is 29.7 Å². The van der Waals surface area contributed by atoms with Crippen molar-refractivity contribution in [3.05, 3.63) is 41.0 Å². The second kappa shape index (κ2) is 7.74. The van der Waals surface area contributed by atoms with E-state index in [1.807, 2.05) is 12.1 Å². The molecule has 0 aliphatic carbocycles. The first-order valence-corrected chi connectivity index (χ1v) is 8.64. The van der Waals surface area contributed by atoms with E-state index < -0.39 is 0 Å². The van der Waals surface area contributed by atoms with Crippen LogP contribution in [-0.4, -0.2) is 38.1 Å². The molecule has 1 aliphatic rings. The minimum absolute atomic E-state index is 0.0156. The lowest BCUT2D eigenvalue weighted by atomic mass is 9.93. The Bertz CT molecular complexity index is 765. The first kappa shape index (κ1) is 18.2. The van der Waals surface area contributed by atoms with E-state index in [1.165, 1.54) is 0 Å². The topological polar surface area (TPSA) is 80.2 Å². The van der Waals surface area contributed by atoms with Crippen molar-refractivity contribution in [2.75, 3.05) is 27.9 Å². The van der Waals surface area contributed by atoms with Gasteiger partial charge in [0.2, 0.25) is 5.75 Å². The number of ether oxygens (including phenoxy) is 3. The number of hydrogen-bond acceptors (Lipinski definition) is 6. The van der Waals surface area contributed by atoms with E-state index in [1.54, 1.807) is 33.5 Å². The number of rotatable bonds is 5. The molecule has 0 saturated heterocycles. The molecule has 0 spiro atoms. The Hall–Kier alpha value is -2.60. The molecule has 1 heterocycles. The first-order valence-electron chi connectivity index (χ1n) is 8.64. The Kier molecular flexibility index (Phi) is 5.42. The van der Waals surface area contributed by atoms with Crippen molar-refractivity contribution in [1.29, 1.82) is 0 Å². The summed E-state index contributed by atoms with van der Waals surface area (Å²) >= 11 is 0. The van der Waals surface area contributed by atoms with E-state index in [-0.39, 0.29) is 17.5 Å². The molecule has 2 aromatic rings. The standard InChI is InChI=1S/C20H25NO5/c1-24-18-8-12(9-19(25-2)20(18)26-3)7-15-14-11-17(23)16(22)10-13(14)5-4-6-21-15/h8-11,15,21-23H,4-7H2,1-3H3. The molecule has 3 N–H and O–H groups in total. The molecule has 140 valence electrons. The fourth-order valence-corrected chi connectivity index (χ4v) is 3.51. The van der Waals surface area contributed by atoms with Gasteiger partial charge in [-0.15, -0.1) is 0 Å². The summed E-state index contributed by atoms with van der Waals surface area (Å²) in [5, 5.41) is 23.3. The predicted molar refractivity (Wildman–Crippen MR) is 98.6 cm³/mol. The molecule has 0 aromatic heterocycles. The largest absolute Gasteiger partial charge is 0.504 e. The summed E-state index contributed by atoms with van der Waals surface area (Å²) < 4.78 is 16.3. The molecular formula is C20H25NO5. The Labute approximate surface area is 153 Å². The number of benzene rings is 2. The van der Waals surface area contributed by atoms with Gasteiger partial charge in [0.25, 0.3) is 0 Å². The summed E-state index contributed by atoms with van der Waals surface area (Å²) in [6.07, 6.45) is 2.53. The van der Waals surface area contributed by atoms with Crippen molar-refractivity contribution in [3.63, 3.8) is 0 Å². The Morgan fingerprint density at radius 1 is 0.962 bits per heavy atom. The van der Waals surface area contributed by atoms with Crippen LogP contribution in [0.25, 0.3) is 0 Å². The van der Waals surface area contributed by atoms with Crippen LogP contribution in [0, 0.1) is 0 Å². The van der Waals surface area contributed by atoms with Crippen LogP contribution < -0.4 is 19.5 Å². The van der Waals surface area contributed by atoms with Crippen molar-refractivity contribution in [2.24, 2.45) is 0 Å². The van der Waals surface area contributed by atoms with Gasteiger partial charge in [-0.25, -0.2) is 0 Å². The molecule has 1 unspecified atom stereocenters. The van der Waals surface area contributed by atoms with Crippen molar-refractivity contribution in [3.8, 4) is 28.7 Å². The SMILES string of the molecule is COc1cc(CC2NCCCc3cc(O)c(O)cc32)cc(OC)c1OC. The van der Waals surface area contributed by atoms with Crippen LogP contribution in [0.4, 0.5) is 0 Å². The molecule has 0 fully saturated rings. The zero-order valence-corrected chi connectivity index (χ0v) is 15.3. The van der Waals surface area contributed by atoms with Crippen LogP contribution in [0.15, 0.2) is 24.3 Å². The molecule has 2 aromatic carbocycles. The third-order valence-corrected chi connectivity index (χ3v) is 4.79. The average Bonchev–Trinajstić information content (AvgIpc) is 2.83. The van der Waals surface area contributed by atoms with Gasteiger partial charge in [-0.3, -0.25) is 0 Å². The normalized spacial score (nSPS) is 16.5. The van der Waals surface area contributed by atoms with Gasteiger partial charge in [-0.05, 0) is 66.8 Å². The summed E-state index contributed by atoms with van der Waals surface area (Å²) in [7, 11) is 4.78. The molecule has 0 radical (unpaired) electrons. The fourth-order valence-electron chi connectivity index (χ4n) is 3.51. The zero-order valence-electron chi connectivity index (χ0n) is 15.3. The van der Waals surface area contributed by atoms with Crippen molar-refractivity contribution in [2.45, 2.75) is 25.3 Å². The lowest BCUT2D eigenvalue weighted by Crippen LogP contribution is -2.23. The van der Waals surface area contributed by atoms with Crippen molar-refractivity contribution in [1.82, 2.24) is 5.32 Å². The van der Waals surface area contributed by atoms with Crippen molar-refractivity contribution >= 4 is 0 Å². The number of aromatic hydroxyl groups is 2. The summed E-state index contributed by atoms with van der Waals surface area (Å²) in [5.41, 5.74) is 3.09. The van der Waals surface area contributed by atoms with Gasteiger partial charge in [0, 0.05) is 6.04 Å². The molecular weight excluding hydrogens is 334 g/mol. The van der Waals surface area contributed by atoms with Gasteiger partial charge in [0.15, 0.2) is 23.0 Å². The lowest BCUT2D eigenvalue weighted by molar-refractivity contribution is 0.323. The number of aryl methyl sites for hydroxylation is 1. The highest BCUT2D eigenvalue weighted by Gasteiger charge is 2.22. The number of fused-ring (bicyclic) bond motifs is 1. The monoisotopic (exact) mass is 359 g/mol. The van der Waals surface area contributed by atoms with Crippen LogP contribution in [0.1, 0.15) is 29.2 Å². The maximum atomic E-state index is 9.95. The highest BCUT2D eigenvalue weighted by Crippen LogP contribution is 2.40. The van der Waals surface area contributed by atoms with Crippen LogP contribution in [0.3, 0.4) is 0 Å². The van der Waals surface area contributed by atoms with Crippen molar-refractivity contribution < 1.29 is 24.4 Å². The van der Waals surface area contributed by atoms with E-state index in [4.69, 9.17) is 14.2 Å². The molecule has 1 atom stereocenters. The summed E-state index contributed by atoms with van der Waals surface area (Å²) in [6.45, 7) is 0.866. The molecule has 0 amide bonds. The smallest absolute Gasteiger partial charge is 0.203 e. The number of methoxy groups -OCH3 is 3. The number of hydrogen-bond donors (Lipinski definition) is 3. The molecule has 1 aliphatic heterocycles. The lowest BCUT2D eigenvalue weighted by Gasteiger charge is -2.21. The Morgan fingerprint density at radius 3 is 2.23 bits per heavy atom. The first-order chi connectivity index (χ1) is 12.6. The molecule has 0 bridgehead atoms. The zero-order chi connectivity index (χ0) is 18.7. The Balaban J connectivity index is 1.98. The van der Waals surface area contributed by atoms with E-state index in [0.29, 0.717) is 23.7 Å². The minimum Gasteiger partial charge on any atom is -0.504 e. The van der Waals surface area contributed by atoms with E-state index in [2.05, 4.69) is 5.32 Å². The molecule has 6 nitrogen and oxygen atoms in total. The number of phenols is 2. The quantitative estimate of drug-likeness (QED) is 0.713. The summed E-state index contributed by atoms with van der Waals surface area (Å²) in [6, 6.07) is 7.22. The average molecular weight is 359 g/mol. The van der Waals surface area contributed by atoms with Gasteiger partial charge >= 0.3 is 0 Å². The third-order valence-electron chi connectivity index (χ3n) is 4.79. The molecule has 26 heavy (non-hydrogen) atoms. The van der Waals surface area contributed by atoms with E-state index >= 15 is 0 Å². The second-order valence-corrected chi connectivity index (χ2v) is 6.39. The van der Waals surface area contributed by atoms with Gasteiger partial charge in [0.05, 0.1) is 21.3 Å². The highest BCUT2D eigenvalue weighted by molar-refractivity contribution is 5.54. The van der Waals surface area contributed by atoms with Gasteiger partial charge in [-0.2, -0.15) is 0 Å². The van der Waals surface area contributed by atoms with Crippen LogP contribution in [0.5, 0.6) is 28.7 Å². The van der Waals surface area contributed by atoms with E-state index in [0.717, 1.165) is 36.1 Å². The number of nitrogens with one attached hydrogen (secondary N) is 1. The maximum Gasteiger partial charge on any atom is 0.203 e. The summed E-state index contributed by atoms with van der Waals surface area (Å²) in [4.78, 5) is 0. The highest BCUT2D eigenvalue weighted by atomic mass is 16.5. The van der Waals surface area contributed by atoms with Gasteiger partial charge in [-0.1, -0.05) is 0 Å². The minimum atomic E-state index is -0.0951. The Morgan fingerprint density at radius 2 is 1.62 bits per heavy atom. The third kappa shape index (κ3) is 3.51. The second-order valence-electron chi connectivity index (χ2n) is 6.39. The van der Waals surface area contributed by atoms with Crippen LogP contribution in [0.2, 0.25) is 0 Å². The molecule has 3 rings (SSSR count). The van der Waals surface area contributed by atoms with Crippen LogP contribution >= 0.6 is 0 Å². The van der Waals surface area contributed by atoms with Crippen LogP contribution in [-0.2, 0) is 12.8 Å². The predicted octanol–water partition coefficient (Wildman–Crippen LogP) is 2.94. The molecule has 6 heteroatoms. The fraction of sp³-hybridized carbons (Fsp3) is 0.400. The summed E-state index contributed by atoms with van der Waals surface area (Å²) in [5.74, 6) is 1.63.